The molecule has 2 rings (SSSR count). The van der Waals surface area contributed by atoms with Crippen LogP contribution in [0, 0.1) is 0 Å². The molecule has 0 saturated heterocycles. The fourth-order valence-electron chi connectivity index (χ4n) is 3.09. The van der Waals surface area contributed by atoms with Crippen LogP contribution in [-0.4, -0.2) is 18.3 Å². The zero-order chi connectivity index (χ0) is 14.3. The summed E-state index contributed by atoms with van der Waals surface area (Å²) >= 11 is 4.76. The fourth-order valence-corrected chi connectivity index (χ4v) is 3.15. The van der Waals surface area contributed by atoms with Gasteiger partial charge in [-0.25, -0.2) is 4.99 Å². The molecule has 1 aromatic carbocycles. The normalized spacial score (nSPS) is 17.2. The summed E-state index contributed by atoms with van der Waals surface area (Å²) in [5.74, 6) is 0.973. The number of nitrogens with zero attached hydrogens (tertiary/aromatic N) is 1. The molecule has 2 nitrogen and oxygen atoms in total. The molecule has 0 spiro atoms. The van der Waals surface area contributed by atoms with Gasteiger partial charge in [-0.1, -0.05) is 38.3 Å². The molecule has 1 aliphatic rings. The lowest BCUT2D eigenvalue weighted by atomic mass is 9.69. The molecule has 20 heavy (non-hydrogen) atoms. The van der Waals surface area contributed by atoms with Gasteiger partial charge in [-0.2, -0.15) is 0 Å². The summed E-state index contributed by atoms with van der Waals surface area (Å²) in [4.78, 5) is 4.26. The lowest BCUT2D eigenvalue weighted by Crippen LogP contribution is -2.32. The standard InChI is InChI=1S/C17H23NOS/c1-2-11-19-16-8-6-7-15(12-16)17(13-18-14-20)9-4-3-5-10-17/h6-8,12H,2-5,9-11,13H2,1H3. The van der Waals surface area contributed by atoms with Crippen LogP contribution in [0.2, 0.25) is 0 Å². The van der Waals surface area contributed by atoms with E-state index < -0.39 is 0 Å². The van der Waals surface area contributed by atoms with Gasteiger partial charge in [0, 0.05) is 5.41 Å². The molecular weight excluding hydrogens is 266 g/mol. The number of hydrogen-bond donors (Lipinski definition) is 0. The molecule has 1 aromatic rings. The minimum absolute atomic E-state index is 0.135. The maximum absolute atomic E-state index is 5.77. The summed E-state index contributed by atoms with van der Waals surface area (Å²) < 4.78 is 5.77. The number of thiocarbonyl (C=S) groups is 1. The van der Waals surface area contributed by atoms with E-state index in [1.165, 1.54) is 37.7 Å². The largest absolute Gasteiger partial charge is 0.494 e. The lowest BCUT2D eigenvalue weighted by molar-refractivity contribution is 0.295. The van der Waals surface area contributed by atoms with Crippen molar-refractivity contribution in [3.8, 4) is 5.75 Å². The number of aliphatic imine (C=N–C) groups is 1. The molecule has 0 aromatic heterocycles. The smallest absolute Gasteiger partial charge is 0.119 e. The minimum atomic E-state index is 0.135. The molecule has 1 fully saturated rings. The van der Waals surface area contributed by atoms with Crippen LogP contribution in [0.4, 0.5) is 0 Å². The van der Waals surface area contributed by atoms with E-state index >= 15 is 0 Å². The zero-order valence-electron chi connectivity index (χ0n) is 12.2. The summed E-state index contributed by atoms with van der Waals surface area (Å²) in [7, 11) is 0. The number of ether oxygens (including phenoxy) is 1. The van der Waals surface area contributed by atoms with Crippen molar-refractivity contribution in [3.63, 3.8) is 0 Å². The van der Waals surface area contributed by atoms with E-state index in [2.05, 4.69) is 35.3 Å². The predicted molar refractivity (Wildman–Crippen MR) is 86.9 cm³/mol. The van der Waals surface area contributed by atoms with E-state index in [0.717, 1.165) is 25.3 Å². The Hall–Kier alpha value is -1.18. The van der Waals surface area contributed by atoms with Crippen LogP contribution in [0.3, 0.4) is 0 Å². The maximum atomic E-state index is 5.77. The van der Waals surface area contributed by atoms with Crippen LogP contribution in [0.25, 0.3) is 0 Å². The Morgan fingerprint density at radius 3 is 2.80 bits per heavy atom. The third kappa shape index (κ3) is 3.68. The Labute approximate surface area is 127 Å². The Balaban J connectivity index is 2.25. The SMILES string of the molecule is CCCOc1cccc(C2(CN=C=S)CCCCC2)c1. The van der Waals surface area contributed by atoms with Crippen molar-refractivity contribution in [2.24, 2.45) is 4.99 Å². The molecule has 0 atom stereocenters. The third-order valence-corrected chi connectivity index (χ3v) is 4.31. The number of hydrogen-bond acceptors (Lipinski definition) is 3. The van der Waals surface area contributed by atoms with Crippen molar-refractivity contribution >= 4 is 17.4 Å². The van der Waals surface area contributed by atoms with Gasteiger partial charge in [-0.3, -0.25) is 0 Å². The maximum Gasteiger partial charge on any atom is 0.119 e. The minimum Gasteiger partial charge on any atom is -0.494 e. The Morgan fingerprint density at radius 2 is 2.10 bits per heavy atom. The Kier molecular flexibility index (Phi) is 5.75. The number of benzene rings is 1. The molecule has 0 heterocycles. The molecular formula is C17H23NOS. The van der Waals surface area contributed by atoms with E-state index in [0.29, 0.717) is 0 Å². The zero-order valence-corrected chi connectivity index (χ0v) is 13.0. The topological polar surface area (TPSA) is 21.6 Å². The first-order valence-corrected chi connectivity index (χ1v) is 7.98. The molecule has 0 unspecified atom stereocenters. The quantitative estimate of drug-likeness (QED) is 0.555. The van der Waals surface area contributed by atoms with Crippen molar-refractivity contribution < 1.29 is 4.74 Å². The first kappa shape index (κ1) is 15.2. The van der Waals surface area contributed by atoms with Crippen molar-refractivity contribution in [1.29, 1.82) is 0 Å². The van der Waals surface area contributed by atoms with Crippen LogP contribution in [0.1, 0.15) is 51.0 Å². The summed E-state index contributed by atoms with van der Waals surface area (Å²) in [5.41, 5.74) is 1.48. The molecule has 1 aliphatic carbocycles. The van der Waals surface area contributed by atoms with Gasteiger partial charge in [0.05, 0.1) is 18.3 Å². The van der Waals surface area contributed by atoms with Gasteiger partial charge < -0.3 is 4.74 Å². The third-order valence-electron chi connectivity index (χ3n) is 4.18. The second-order valence-electron chi connectivity index (χ2n) is 5.62. The fraction of sp³-hybridized carbons (Fsp3) is 0.588. The highest BCUT2D eigenvalue weighted by Gasteiger charge is 2.33. The molecule has 0 radical (unpaired) electrons. The van der Waals surface area contributed by atoms with Crippen LogP contribution < -0.4 is 4.74 Å². The second-order valence-corrected chi connectivity index (χ2v) is 5.81. The van der Waals surface area contributed by atoms with E-state index in [-0.39, 0.29) is 5.41 Å². The molecule has 3 heteroatoms. The Bertz CT molecular complexity index is 474. The van der Waals surface area contributed by atoms with Gasteiger partial charge in [0.2, 0.25) is 0 Å². The molecule has 0 N–H and O–H groups in total. The molecule has 1 saturated carbocycles. The van der Waals surface area contributed by atoms with Gasteiger partial charge in [0.1, 0.15) is 5.75 Å². The lowest BCUT2D eigenvalue weighted by Gasteiger charge is -2.36. The predicted octanol–water partition coefficient (Wildman–Crippen LogP) is 4.78. The Morgan fingerprint density at radius 1 is 1.30 bits per heavy atom. The average Bonchev–Trinajstić information content (AvgIpc) is 2.52. The summed E-state index contributed by atoms with van der Waals surface area (Å²) in [5, 5.41) is 2.54. The van der Waals surface area contributed by atoms with Crippen LogP contribution in [-0.2, 0) is 5.41 Å². The van der Waals surface area contributed by atoms with Gasteiger partial charge in [0.15, 0.2) is 0 Å². The summed E-state index contributed by atoms with van der Waals surface area (Å²) in [6.07, 6.45) is 7.27. The van der Waals surface area contributed by atoms with Gasteiger partial charge in [-0.05, 0) is 49.2 Å². The van der Waals surface area contributed by atoms with Crippen LogP contribution >= 0.6 is 12.2 Å². The first-order chi connectivity index (χ1) is 9.80. The molecule has 0 amide bonds. The van der Waals surface area contributed by atoms with Crippen molar-refractivity contribution in [3.05, 3.63) is 29.8 Å². The van der Waals surface area contributed by atoms with Crippen molar-refractivity contribution in [2.45, 2.75) is 50.9 Å². The van der Waals surface area contributed by atoms with Crippen molar-refractivity contribution in [2.75, 3.05) is 13.2 Å². The average molecular weight is 289 g/mol. The highest BCUT2D eigenvalue weighted by atomic mass is 32.1. The molecule has 0 aliphatic heterocycles. The summed E-state index contributed by atoms with van der Waals surface area (Å²) in [6.45, 7) is 3.66. The van der Waals surface area contributed by atoms with Gasteiger partial charge in [0.25, 0.3) is 0 Å². The van der Waals surface area contributed by atoms with Gasteiger partial charge in [-0.15, -0.1) is 0 Å². The van der Waals surface area contributed by atoms with Crippen LogP contribution in [0.5, 0.6) is 5.75 Å². The monoisotopic (exact) mass is 289 g/mol. The highest BCUT2D eigenvalue weighted by molar-refractivity contribution is 7.78. The number of rotatable bonds is 6. The van der Waals surface area contributed by atoms with E-state index in [9.17, 15) is 0 Å². The van der Waals surface area contributed by atoms with E-state index in [4.69, 9.17) is 17.0 Å². The summed E-state index contributed by atoms with van der Waals surface area (Å²) in [6, 6.07) is 8.54. The van der Waals surface area contributed by atoms with Crippen LogP contribution in [0.15, 0.2) is 29.3 Å². The van der Waals surface area contributed by atoms with Crippen molar-refractivity contribution in [1.82, 2.24) is 0 Å². The highest BCUT2D eigenvalue weighted by Crippen LogP contribution is 2.40. The molecule has 0 bridgehead atoms. The second kappa shape index (κ2) is 7.56. The number of isothiocyanates is 1. The first-order valence-electron chi connectivity index (χ1n) is 7.58. The van der Waals surface area contributed by atoms with E-state index in [1.807, 2.05) is 6.07 Å². The van der Waals surface area contributed by atoms with E-state index in [1.54, 1.807) is 0 Å². The molecule has 108 valence electrons. The van der Waals surface area contributed by atoms with Gasteiger partial charge >= 0.3 is 0 Å².